The Morgan fingerprint density at radius 3 is 2.65 bits per heavy atom. The lowest BCUT2D eigenvalue weighted by molar-refractivity contribution is -0.0792. The summed E-state index contributed by atoms with van der Waals surface area (Å²) in [6, 6.07) is -0.703. The van der Waals surface area contributed by atoms with Crippen molar-refractivity contribution in [1.82, 2.24) is 9.96 Å². The van der Waals surface area contributed by atoms with Crippen LogP contribution < -0.4 is 0 Å². The third kappa shape index (κ3) is 1.81. The van der Waals surface area contributed by atoms with E-state index in [0.717, 1.165) is 6.34 Å². The molecular weight excluding hydrogens is 270 g/mol. The second kappa shape index (κ2) is 4.75. The fourth-order valence-electron chi connectivity index (χ4n) is 2.50. The molecular formula is C10H15N5O5. The quantitative estimate of drug-likeness (QED) is 0.368. The van der Waals surface area contributed by atoms with Crippen LogP contribution in [0.25, 0.3) is 0 Å². The maximum atomic E-state index is 9.97. The Bertz CT molecular complexity index is 471. The topological polar surface area (TPSA) is 145 Å². The summed E-state index contributed by atoms with van der Waals surface area (Å²) in [4.78, 5) is 9.55. The van der Waals surface area contributed by atoms with Crippen molar-refractivity contribution < 1.29 is 25.3 Å². The van der Waals surface area contributed by atoms with Gasteiger partial charge in [0.15, 0.2) is 24.3 Å². The molecule has 0 spiro atoms. The van der Waals surface area contributed by atoms with Gasteiger partial charge in [0.2, 0.25) is 0 Å². The lowest BCUT2D eigenvalue weighted by Crippen LogP contribution is -2.53. The Kier molecular flexibility index (Phi) is 3.18. The molecule has 3 heterocycles. The minimum atomic E-state index is -1.23. The second-order valence-electron chi connectivity index (χ2n) is 4.79. The van der Waals surface area contributed by atoms with Crippen LogP contribution in [0.2, 0.25) is 0 Å². The summed E-state index contributed by atoms with van der Waals surface area (Å²) in [5, 5.41) is 46.4. The van der Waals surface area contributed by atoms with Gasteiger partial charge in [-0.2, -0.15) is 5.06 Å². The Hall–Kier alpha value is -1.59. The average molecular weight is 285 g/mol. The van der Waals surface area contributed by atoms with E-state index in [1.165, 1.54) is 11.2 Å². The highest BCUT2D eigenvalue weighted by Crippen LogP contribution is 2.29. The molecule has 5 N–H and O–H groups in total. The van der Waals surface area contributed by atoms with Gasteiger partial charge in [-0.25, -0.2) is 4.99 Å². The number of hydrogen-bond acceptors (Lipinski definition) is 9. The number of aliphatic imine (C=N–C) groups is 2. The van der Waals surface area contributed by atoms with Crippen LogP contribution in [0.4, 0.5) is 0 Å². The molecule has 0 amide bonds. The SMILES string of the molecule is N=C1[C@@H]2N=CN([C@@H]3O[C@H](CO)[C@@H](O)[C@H]3O)[C@@H]2N=CN1O. The summed E-state index contributed by atoms with van der Waals surface area (Å²) in [6.07, 6.45) is -2.43. The number of amidine groups is 1. The van der Waals surface area contributed by atoms with Crippen molar-refractivity contribution in [1.29, 1.82) is 5.41 Å². The molecule has 0 bridgehead atoms. The van der Waals surface area contributed by atoms with Gasteiger partial charge < -0.3 is 25.0 Å². The van der Waals surface area contributed by atoms with Gasteiger partial charge in [0.05, 0.1) is 12.9 Å². The van der Waals surface area contributed by atoms with Crippen molar-refractivity contribution in [2.45, 2.75) is 36.7 Å². The second-order valence-corrected chi connectivity index (χ2v) is 4.79. The Morgan fingerprint density at radius 2 is 2.00 bits per heavy atom. The van der Waals surface area contributed by atoms with E-state index < -0.39 is 43.4 Å². The first-order valence-corrected chi connectivity index (χ1v) is 6.07. The maximum Gasteiger partial charge on any atom is 0.162 e. The summed E-state index contributed by atoms with van der Waals surface area (Å²) in [5.41, 5.74) is 0. The molecule has 20 heavy (non-hydrogen) atoms. The zero-order valence-corrected chi connectivity index (χ0v) is 10.3. The monoisotopic (exact) mass is 285 g/mol. The Balaban J connectivity index is 1.81. The highest BCUT2D eigenvalue weighted by atomic mass is 16.6. The first-order chi connectivity index (χ1) is 9.54. The van der Waals surface area contributed by atoms with Crippen LogP contribution in [0.15, 0.2) is 9.98 Å². The third-order valence-corrected chi connectivity index (χ3v) is 3.62. The Morgan fingerprint density at radius 1 is 1.25 bits per heavy atom. The van der Waals surface area contributed by atoms with Gasteiger partial charge in [0, 0.05) is 0 Å². The molecule has 0 aromatic heterocycles. The summed E-state index contributed by atoms with van der Waals surface area (Å²) >= 11 is 0. The first-order valence-electron chi connectivity index (χ1n) is 6.07. The molecule has 0 aromatic rings. The smallest absolute Gasteiger partial charge is 0.162 e. The van der Waals surface area contributed by atoms with Gasteiger partial charge in [0.1, 0.15) is 24.7 Å². The molecule has 3 rings (SSSR count). The lowest BCUT2D eigenvalue weighted by Gasteiger charge is -2.34. The predicted molar refractivity (Wildman–Crippen MR) is 65.5 cm³/mol. The van der Waals surface area contributed by atoms with E-state index in [1.807, 2.05) is 0 Å². The molecule has 0 saturated carbocycles. The van der Waals surface area contributed by atoms with E-state index in [4.69, 9.17) is 15.3 Å². The number of nitrogens with one attached hydrogen (secondary N) is 1. The number of nitrogens with zero attached hydrogens (tertiary/aromatic N) is 4. The van der Waals surface area contributed by atoms with Gasteiger partial charge in [-0.3, -0.25) is 15.6 Å². The van der Waals surface area contributed by atoms with E-state index >= 15 is 0 Å². The summed E-state index contributed by atoms with van der Waals surface area (Å²) in [5.74, 6) is -0.143. The predicted octanol–water partition coefficient (Wildman–Crippen LogP) is -2.83. The van der Waals surface area contributed by atoms with Crippen molar-refractivity contribution in [3.8, 4) is 0 Å². The van der Waals surface area contributed by atoms with Crippen molar-refractivity contribution in [2.75, 3.05) is 6.61 Å². The van der Waals surface area contributed by atoms with E-state index in [9.17, 15) is 15.4 Å². The molecule has 1 saturated heterocycles. The van der Waals surface area contributed by atoms with Crippen LogP contribution in [0.1, 0.15) is 0 Å². The standard InChI is InChI=1S/C10H15N5O5/c11-8-5-9(13-3-15(8)19)14(2-12-5)10-7(18)6(17)4(1-16)20-10/h2-7,9-11,16-19H,1H2/t4-,5+,6-,7-,9+,10-/m1/s1. The zero-order valence-electron chi connectivity index (χ0n) is 10.3. The molecule has 3 aliphatic heterocycles. The van der Waals surface area contributed by atoms with E-state index in [2.05, 4.69) is 9.98 Å². The largest absolute Gasteiger partial charge is 0.394 e. The number of hydrogen-bond donors (Lipinski definition) is 5. The van der Waals surface area contributed by atoms with Crippen LogP contribution in [0.5, 0.6) is 0 Å². The molecule has 0 unspecified atom stereocenters. The van der Waals surface area contributed by atoms with Gasteiger partial charge in [-0.05, 0) is 0 Å². The van der Waals surface area contributed by atoms with Crippen molar-refractivity contribution in [3.05, 3.63) is 0 Å². The lowest BCUT2D eigenvalue weighted by atomic mass is 10.1. The van der Waals surface area contributed by atoms with Gasteiger partial charge in [-0.1, -0.05) is 0 Å². The average Bonchev–Trinajstić information content (AvgIpc) is 2.98. The van der Waals surface area contributed by atoms with Crippen LogP contribution in [-0.2, 0) is 4.74 Å². The molecule has 3 aliphatic rings. The molecule has 0 aliphatic carbocycles. The van der Waals surface area contributed by atoms with Gasteiger partial charge >= 0.3 is 0 Å². The summed E-state index contributed by atoms with van der Waals surface area (Å²) in [7, 11) is 0. The number of fused-ring (bicyclic) bond motifs is 1. The minimum absolute atomic E-state index is 0.143. The highest BCUT2D eigenvalue weighted by Gasteiger charge is 2.50. The van der Waals surface area contributed by atoms with Crippen molar-refractivity contribution in [2.24, 2.45) is 9.98 Å². The van der Waals surface area contributed by atoms with Crippen molar-refractivity contribution >= 4 is 18.5 Å². The molecule has 10 heteroatoms. The highest BCUT2D eigenvalue weighted by molar-refractivity contribution is 5.96. The van der Waals surface area contributed by atoms with Crippen LogP contribution >= 0.6 is 0 Å². The Labute approximate surface area is 113 Å². The molecule has 0 aromatic carbocycles. The summed E-state index contributed by atoms with van der Waals surface area (Å²) in [6.45, 7) is -0.419. The first kappa shape index (κ1) is 13.4. The number of rotatable bonds is 2. The van der Waals surface area contributed by atoms with Crippen molar-refractivity contribution in [3.63, 3.8) is 0 Å². The minimum Gasteiger partial charge on any atom is -0.394 e. The third-order valence-electron chi connectivity index (χ3n) is 3.62. The summed E-state index contributed by atoms with van der Waals surface area (Å²) < 4.78 is 5.39. The van der Waals surface area contributed by atoms with Crippen LogP contribution in [0, 0.1) is 5.41 Å². The van der Waals surface area contributed by atoms with E-state index in [0.29, 0.717) is 5.06 Å². The normalized spacial score (nSPS) is 43.5. The van der Waals surface area contributed by atoms with E-state index in [1.54, 1.807) is 0 Å². The maximum absolute atomic E-state index is 9.97. The molecule has 6 atom stereocenters. The molecule has 0 radical (unpaired) electrons. The fourth-order valence-corrected chi connectivity index (χ4v) is 2.50. The molecule has 110 valence electrons. The van der Waals surface area contributed by atoms with Crippen LogP contribution in [0.3, 0.4) is 0 Å². The van der Waals surface area contributed by atoms with Crippen LogP contribution in [-0.4, -0.2) is 92.4 Å². The zero-order chi connectivity index (χ0) is 14.4. The van der Waals surface area contributed by atoms with Gasteiger partial charge in [-0.15, -0.1) is 0 Å². The molecule has 10 nitrogen and oxygen atoms in total. The number of aliphatic hydroxyl groups excluding tert-OH is 3. The van der Waals surface area contributed by atoms with E-state index in [-0.39, 0.29) is 5.84 Å². The van der Waals surface area contributed by atoms with Gasteiger partial charge in [0.25, 0.3) is 0 Å². The molecule has 1 fully saturated rings. The number of ether oxygens (including phenoxy) is 1. The fraction of sp³-hybridized carbons (Fsp3) is 0.700. The number of hydroxylamine groups is 2. The number of aliphatic hydroxyl groups is 3.